The molecular formula is C13H8N2O2. The van der Waals surface area contributed by atoms with Gasteiger partial charge in [0, 0.05) is 17.7 Å². The Hall–Kier alpha value is -2.49. The van der Waals surface area contributed by atoms with Crippen molar-refractivity contribution in [3.8, 4) is 0 Å². The van der Waals surface area contributed by atoms with Gasteiger partial charge in [0.2, 0.25) is 0 Å². The summed E-state index contributed by atoms with van der Waals surface area (Å²) in [5, 5.41) is 3.11. The summed E-state index contributed by atoms with van der Waals surface area (Å²) in [5.41, 5.74) is 1.94. The lowest BCUT2D eigenvalue weighted by atomic mass is 10.0. The minimum absolute atomic E-state index is 0.355. The van der Waals surface area contributed by atoms with Crippen LogP contribution in [0.2, 0.25) is 0 Å². The first kappa shape index (κ1) is 9.72. The summed E-state index contributed by atoms with van der Waals surface area (Å²) in [6.07, 6.45) is 3.02. The second-order valence-electron chi connectivity index (χ2n) is 3.75. The second kappa shape index (κ2) is 3.52. The van der Waals surface area contributed by atoms with Crippen molar-refractivity contribution in [2.45, 2.75) is 0 Å². The molecule has 0 aliphatic carbocycles. The van der Waals surface area contributed by atoms with Crippen molar-refractivity contribution < 1.29 is 9.59 Å². The number of amides is 2. The molecule has 0 atom stereocenters. The van der Waals surface area contributed by atoms with Crippen LogP contribution in [-0.4, -0.2) is 16.8 Å². The van der Waals surface area contributed by atoms with Crippen molar-refractivity contribution in [1.29, 1.82) is 0 Å². The molecule has 0 saturated heterocycles. The van der Waals surface area contributed by atoms with E-state index in [0.29, 0.717) is 5.57 Å². The molecule has 2 aromatic rings. The third-order valence-corrected chi connectivity index (χ3v) is 2.69. The molecule has 0 radical (unpaired) electrons. The number of imide groups is 1. The number of pyridine rings is 1. The first-order valence-electron chi connectivity index (χ1n) is 5.17. The van der Waals surface area contributed by atoms with Gasteiger partial charge in [0.05, 0.1) is 11.1 Å². The molecule has 0 bridgehead atoms. The zero-order valence-corrected chi connectivity index (χ0v) is 8.81. The van der Waals surface area contributed by atoms with Gasteiger partial charge < -0.3 is 0 Å². The molecule has 0 saturated carbocycles. The molecule has 0 unspecified atom stereocenters. The van der Waals surface area contributed by atoms with Crippen molar-refractivity contribution in [2.24, 2.45) is 0 Å². The van der Waals surface area contributed by atoms with E-state index >= 15 is 0 Å². The van der Waals surface area contributed by atoms with Gasteiger partial charge >= 0.3 is 0 Å². The van der Waals surface area contributed by atoms with Crippen LogP contribution in [0.25, 0.3) is 16.5 Å². The highest BCUT2D eigenvalue weighted by atomic mass is 16.2. The van der Waals surface area contributed by atoms with Gasteiger partial charge in [0.25, 0.3) is 11.8 Å². The van der Waals surface area contributed by atoms with Gasteiger partial charge in [-0.2, -0.15) is 0 Å². The van der Waals surface area contributed by atoms with Crippen molar-refractivity contribution in [3.63, 3.8) is 0 Å². The maximum Gasteiger partial charge on any atom is 0.258 e. The van der Waals surface area contributed by atoms with E-state index in [1.54, 1.807) is 12.3 Å². The Morgan fingerprint density at radius 3 is 2.71 bits per heavy atom. The molecule has 2 heterocycles. The number of hydrogen-bond acceptors (Lipinski definition) is 3. The Morgan fingerprint density at radius 2 is 1.94 bits per heavy atom. The fourth-order valence-corrected chi connectivity index (χ4v) is 1.95. The van der Waals surface area contributed by atoms with E-state index in [-0.39, 0.29) is 11.8 Å². The van der Waals surface area contributed by atoms with Crippen LogP contribution in [-0.2, 0) is 9.59 Å². The first-order chi connectivity index (χ1) is 8.25. The summed E-state index contributed by atoms with van der Waals surface area (Å²) in [4.78, 5) is 27.0. The third kappa shape index (κ3) is 1.50. The summed E-state index contributed by atoms with van der Waals surface area (Å²) in [6.45, 7) is 0. The number of fused-ring (bicyclic) bond motifs is 1. The minimum Gasteiger partial charge on any atom is -0.289 e. The summed E-state index contributed by atoms with van der Waals surface area (Å²) < 4.78 is 0. The Kier molecular flexibility index (Phi) is 2.01. The van der Waals surface area contributed by atoms with E-state index in [9.17, 15) is 9.59 Å². The molecule has 17 heavy (non-hydrogen) atoms. The van der Waals surface area contributed by atoms with E-state index in [1.165, 1.54) is 6.08 Å². The Labute approximate surface area is 97.0 Å². The zero-order chi connectivity index (χ0) is 11.8. The monoisotopic (exact) mass is 224 g/mol. The molecule has 1 N–H and O–H groups in total. The largest absolute Gasteiger partial charge is 0.289 e. The van der Waals surface area contributed by atoms with Gasteiger partial charge in [0.15, 0.2) is 0 Å². The molecule has 4 nitrogen and oxygen atoms in total. The number of carbonyl (C=O) groups excluding carboxylic acids is 2. The fraction of sp³-hybridized carbons (Fsp3) is 0. The van der Waals surface area contributed by atoms with Gasteiger partial charge in [-0.25, -0.2) is 0 Å². The first-order valence-corrected chi connectivity index (χ1v) is 5.17. The lowest BCUT2D eigenvalue weighted by Crippen LogP contribution is -2.21. The molecule has 0 fully saturated rings. The highest BCUT2D eigenvalue weighted by molar-refractivity contribution is 6.35. The van der Waals surface area contributed by atoms with Crippen LogP contribution in [0.3, 0.4) is 0 Å². The van der Waals surface area contributed by atoms with Crippen molar-refractivity contribution in [3.05, 3.63) is 48.2 Å². The molecule has 1 aliphatic heterocycles. The number of benzene rings is 1. The summed E-state index contributed by atoms with van der Waals surface area (Å²) in [5.74, 6) is -0.725. The molecule has 0 spiro atoms. The Balaban J connectivity index is 2.28. The fourth-order valence-electron chi connectivity index (χ4n) is 1.95. The number of aromatic nitrogens is 1. The Bertz CT molecular complexity index is 669. The van der Waals surface area contributed by atoms with Crippen LogP contribution in [0, 0.1) is 0 Å². The van der Waals surface area contributed by atoms with Crippen LogP contribution in [0.4, 0.5) is 0 Å². The van der Waals surface area contributed by atoms with Crippen molar-refractivity contribution >= 4 is 28.3 Å². The number of carbonyl (C=O) groups is 2. The standard InChI is InChI=1S/C13H8N2O2/c16-12-7-10(13(17)15-12)8-3-1-5-11-9(8)4-2-6-14-11/h1-7H,(H,15,16,17). The molecule has 1 aromatic heterocycles. The van der Waals surface area contributed by atoms with Crippen LogP contribution >= 0.6 is 0 Å². The van der Waals surface area contributed by atoms with Gasteiger partial charge in [0.1, 0.15) is 0 Å². The highest BCUT2D eigenvalue weighted by Gasteiger charge is 2.23. The maximum atomic E-state index is 11.6. The van der Waals surface area contributed by atoms with Gasteiger partial charge in [-0.3, -0.25) is 19.9 Å². The number of nitrogens with one attached hydrogen (secondary N) is 1. The van der Waals surface area contributed by atoms with E-state index in [2.05, 4.69) is 10.3 Å². The molecule has 82 valence electrons. The predicted octanol–water partition coefficient (Wildman–Crippen LogP) is 1.27. The average molecular weight is 224 g/mol. The normalized spacial score (nSPS) is 14.9. The van der Waals surface area contributed by atoms with E-state index in [1.807, 2.05) is 24.3 Å². The lowest BCUT2D eigenvalue weighted by Gasteiger charge is -2.04. The summed E-state index contributed by atoms with van der Waals surface area (Å²) in [6, 6.07) is 9.19. The molecule has 4 heteroatoms. The van der Waals surface area contributed by atoms with Crippen LogP contribution in [0.1, 0.15) is 5.56 Å². The van der Waals surface area contributed by atoms with Crippen molar-refractivity contribution in [2.75, 3.05) is 0 Å². The lowest BCUT2D eigenvalue weighted by molar-refractivity contribution is -0.123. The highest BCUT2D eigenvalue weighted by Crippen LogP contribution is 2.25. The van der Waals surface area contributed by atoms with E-state index < -0.39 is 0 Å². The minimum atomic E-state index is -0.370. The quantitative estimate of drug-likeness (QED) is 0.742. The third-order valence-electron chi connectivity index (χ3n) is 2.69. The van der Waals surface area contributed by atoms with E-state index in [0.717, 1.165) is 16.5 Å². The van der Waals surface area contributed by atoms with Crippen LogP contribution in [0.5, 0.6) is 0 Å². The number of rotatable bonds is 1. The van der Waals surface area contributed by atoms with Crippen molar-refractivity contribution in [1.82, 2.24) is 10.3 Å². The Morgan fingerprint density at radius 1 is 1.06 bits per heavy atom. The SMILES string of the molecule is O=C1C=C(c2cccc3ncccc23)C(=O)N1. The smallest absolute Gasteiger partial charge is 0.258 e. The van der Waals surface area contributed by atoms with Gasteiger partial charge in [-0.15, -0.1) is 0 Å². The number of nitrogens with zero attached hydrogens (tertiary/aromatic N) is 1. The van der Waals surface area contributed by atoms with Gasteiger partial charge in [-0.05, 0) is 17.7 Å². The zero-order valence-electron chi connectivity index (χ0n) is 8.81. The van der Waals surface area contributed by atoms with Gasteiger partial charge in [-0.1, -0.05) is 18.2 Å². The van der Waals surface area contributed by atoms with E-state index in [4.69, 9.17) is 0 Å². The molecule has 1 aliphatic rings. The number of hydrogen-bond donors (Lipinski definition) is 1. The molecule has 2 amide bonds. The molecule has 3 rings (SSSR count). The van der Waals surface area contributed by atoms with Crippen LogP contribution in [0.15, 0.2) is 42.6 Å². The molecular weight excluding hydrogens is 216 g/mol. The average Bonchev–Trinajstić information content (AvgIpc) is 2.68. The molecule has 1 aromatic carbocycles. The predicted molar refractivity (Wildman–Crippen MR) is 62.9 cm³/mol. The summed E-state index contributed by atoms with van der Waals surface area (Å²) in [7, 11) is 0. The maximum absolute atomic E-state index is 11.6. The topological polar surface area (TPSA) is 59.1 Å². The second-order valence-corrected chi connectivity index (χ2v) is 3.75. The summed E-state index contributed by atoms with van der Waals surface area (Å²) >= 11 is 0. The van der Waals surface area contributed by atoms with Crippen LogP contribution < -0.4 is 5.32 Å².